The number of amides is 2. The maximum absolute atomic E-state index is 12.4. The molecule has 2 aliphatic heterocycles. The Morgan fingerprint density at radius 1 is 1.42 bits per heavy atom. The topological polar surface area (TPSA) is 72.9 Å². The first kappa shape index (κ1) is 11.5. The molecule has 0 aromatic heterocycles. The van der Waals surface area contributed by atoms with Gasteiger partial charge in [0.25, 0.3) is 0 Å². The van der Waals surface area contributed by atoms with Crippen LogP contribution < -0.4 is 5.32 Å². The summed E-state index contributed by atoms with van der Waals surface area (Å²) in [7, 11) is 0. The van der Waals surface area contributed by atoms with E-state index in [2.05, 4.69) is 5.32 Å². The van der Waals surface area contributed by atoms with Crippen LogP contribution in [0.1, 0.15) is 25.7 Å². The Morgan fingerprint density at radius 2 is 2.16 bits per heavy atom. The first-order valence-corrected chi connectivity index (χ1v) is 7.05. The molecule has 0 radical (unpaired) electrons. The summed E-state index contributed by atoms with van der Waals surface area (Å²) in [4.78, 5) is 27.3. The Balaban J connectivity index is 1.46. The van der Waals surface area contributed by atoms with Gasteiger partial charge in [-0.2, -0.15) is 0 Å². The number of aliphatic carboxylic acids is 1. The maximum Gasteiger partial charge on any atom is 0.320 e. The van der Waals surface area contributed by atoms with Crippen molar-refractivity contribution >= 4 is 12.0 Å². The second-order valence-corrected chi connectivity index (χ2v) is 6.77. The second-order valence-electron chi connectivity index (χ2n) is 6.77. The molecule has 1 atom stereocenters. The van der Waals surface area contributed by atoms with Crippen molar-refractivity contribution in [2.75, 3.05) is 26.2 Å². The molecule has 2 N–H and O–H groups in total. The number of rotatable bonds is 3. The number of urea groups is 1. The molecule has 2 heterocycles. The van der Waals surface area contributed by atoms with Gasteiger partial charge in [0.05, 0.1) is 12.5 Å². The molecule has 2 saturated heterocycles. The van der Waals surface area contributed by atoms with Gasteiger partial charge < -0.3 is 20.2 Å². The molecule has 5 rings (SSSR count). The highest BCUT2D eigenvalue weighted by Gasteiger charge is 2.72. The number of piperazine rings is 1. The maximum atomic E-state index is 12.4. The number of nitrogens with one attached hydrogen (secondary N) is 1. The van der Waals surface area contributed by atoms with E-state index in [4.69, 9.17) is 5.11 Å². The third kappa shape index (κ3) is 1.40. The lowest BCUT2D eigenvalue weighted by Crippen LogP contribution is -2.75. The summed E-state index contributed by atoms with van der Waals surface area (Å²) in [5.41, 5.74) is 0.0112. The second kappa shape index (κ2) is 3.42. The lowest BCUT2D eigenvalue weighted by Gasteiger charge is -2.73. The molecule has 0 spiro atoms. The predicted octanol–water partition coefficient (Wildman–Crippen LogP) is 0.0932. The van der Waals surface area contributed by atoms with Crippen LogP contribution in [0.4, 0.5) is 4.79 Å². The van der Waals surface area contributed by atoms with Crippen molar-refractivity contribution in [3.8, 4) is 0 Å². The molecule has 19 heavy (non-hydrogen) atoms. The van der Waals surface area contributed by atoms with Crippen molar-refractivity contribution in [2.45, 2.75) is 37.3 Å². The highest BCUT2D eigenvalue weighted by Crippen LogP contribution is 2.71. The van der Waals surface area contributed by atoms with E-state index >= 15 is 0 Å². The first-order chi connectivity index (χ1) is 9.04. The van der Waals surface area contributed by atoms with E-state index in [9.17, 15) is 9.59 Å². The lowest BCUT2D eigenvalue weighted by molar-refractivity contribution is -0.208. The van der Waals surface area contributed by atoms with Gasteiger partial charge in [-0.15, -0.1) is 0 Å². The number of carbonyl (C=O) groups is 2. The zero-order valence-corrected chi connectivity index (χ0v) is 10.9. The van der Waals surface area contributed by atoms with Crippen LogP contribution in [-0.2, 0) is 4.79 Å². The van der Waals surface area contributed by atoms with Crippen molar-refractivity contribution < 1.29 is 14.7 Å². The Labute approximate surface area is 111 Å². The number of carboxylic acids is 1. The van der Waals surface area contributed by atoms with Crippen LogP contribution in [0.25, 0.3) is 0 Å². The zero-order chi connectivity index (χ0) is 13.3. The van der Waals surface area contributed by atoms with Gasteiger partial charge in [-0.1, -0.05) is 0 Å². The number of hydrogen-bond acceptors (Lipinski definition) is 3. The van der Waals surface area contributed by atoms with E-state index in [-0.39, 0.29) is 23.4 Å². The number of carboxylic acid groups (broad SMARTS) is 1. The summed E-state index contributed by atoms with van der Waals surface area (Å²) in [6, 6.07) is 0.487. The predicted molar refractivity (Wildman–Crippen MR) is 66.7 cm³/mol. The standard InChI is InChI=1S/C13H19N3O3/c17-10(18)3-12-6-13(7-12,8-12)16-5-9-4-14-1-2-15(9)11(16)19/h9,14H,1-8H2,(H,17,18)/t9-,12?,13?/m0/s1. The Morgan fingerprint density at radius 3 is 2.79 bits per heavy atom. The molecule has 0 aromatic rings. The van der Waals surface area contributed by atoms with E-state index in [0.717, 1.165) is 45.4 Å². The average molecular weight is 265 g/mol. The number of carbonyl (C=O) groups excluding carboxylic acids is 1. The van der Waals surface area contributed by atoms with E-state index in [1.54, 1.807) is 0 Å². The normalized spacial score (nSPS) is 43.6. The van der Waals surface area contributed by atoms with Crippen molar-refractivity contribution in [3.05, 3.63) is 0 Å². The summed E-state index contributed by atoms with van der Waals surface area (Å²) < 4.78 is 0. The van der Waals surface area contributed by atoms with E-state index in [0.29, 0.717) is 6.04 Å². The molecule has 2 bridgehead atoms. The Hall–Kier alpha value is -1.30. The minimum atomic E-state index is -0.706. The lowest BCUT2D eigenvalue weighted by atomic mass is 9.38. The van der Waals surface area contributed by atoms with Crippen LogP contribution in [-0.4, -0.2) is 64.7 Å². The molecule has 6 nitrogen and oxygen atoms in total. The van der Waals surface area contributed by atoms with E-state index in [1.807, 2.05) is 9.80 Å². The highest BCUT2D eigenvalue weighted by atomic mass is 16.4. The molecule has 2 amide bonds. The van der Waals surface area contributed by atoms with Crippen molar-refractivity contribution in [2.24, 2.45) is 5.41 Å². The van der Waals surface area contributed by atoms with Gasteiger partial charge in [0.1, 0.15) is 0 Å². The minimum absolute atomic E-state index is 0.00384. The molecule has 3 aliphatic carbocycles. The summed E-state index contributed by atoms with van der Waals surface area (Å²) in [6.07, 6.45) is 2.95. The molecule has 104 valence electrons. The largest absolute Gasteiger partial charge is 0.481 e. The number of hydrogen-bond donors (Lipinski definition) is 2. The Bertz CT molecular complexity index is 444. The third-order valence-electron chi connectivity index (χ3n) is 5.43. The van der Waals surface area contributed by atoms with Gasteiger partial charge in [0.2, 0.25) is 0 Å². The van der Waals surface area contributed by atoms with Crippen LogP contribution in [0.15, 0.2) is 0 Å². The van der Waals surface area contributed by atoms with Gasteiger partial charge in [0, 0.05) is 31.7 Å². The van der Waals surface area contributed by atoms with Gasteiger partial charge in [-0.05, 0) is 24.7 Å². The van der Waals surface area contributed by atoms with Crippen molar-refractivity contribution in [1.29, 1.82) is 0 Å². The molecule has 6 heteroatoms. The summed E-state index contributed by atoms with van der Waals surface area (Å²) in [5.74, 6) is -0.706. The SMILES string of the molecule is O=C(O)CC12CC(N3C[C@@H]4CNCCN4C3=O)(C1)C2. The monoisotopic (exact) mass is 265 g/mol. The summed E-state index contributed by atoms with van der Waals surface area (Å²) in [6.45, 7) is 3.38. The van der Waals surface area contributed by atoms with Gasteiger partial charge in [0.15, 0.2) is 0 Å². The Kier molecular flexibility index (Phi) is 2.07. The van der Waals surface area contributed by atoms with Gasteiger partial charge >= 0.3 is 12.0 Å². The van der Waals surface area contributed by atoms with Crippen LogP contribution in [0.5, 0.6) is 0 Å². The third-order valence-corrected chi connectivity index (χ3v) is 5.43. The molecular formula is C13H19N3O3. The number of nitrogens with zero attached hydrogens (tertiary/aromatic N) is 2. The van der Waals surface area contributed by atoms with Crippen LogP contribution in [0.3, 0.4) is 0 Å². The van der Waals surface area contributed by atoms with Gasteiger partial charge in [-0.25, -0.2) is 4.79 Å². The highest BCUT2D eigenvalue weighted by molar-refractivity contribution is 5.79. The fourth-order valence-corrected chi connectivity index (χ4v) is 4.75. The quantitative estimate of drug-likeness (QED) is 0.759. The van der Waals surface area contributed by atoms with E-state index < -0.39 is 5.97 Å². The first-order valence-electron chi connectivity index (χ1n) is 7.05. The molecule has 0 aromatic carbocycles. The zero-order valence-electron chi connectivity index (χ0n) is 10.9. The molecule has 3 saturated carbocycles. The fourth-order valence-electron chi connectivity index (χ4n) is 4.75. The van der Waals surface area contributed by atoms with Crippen molar-refractivity contribution in [1.82, 2.24) is 15.1 Å². The van der Waals surface area contributed by atoms with Crippen molar-refractivity contribution in [3.63, 3.8) is 0 Å². The summed E-state index contributed by atoms with van der Waals surface area (Å²) >= 11 is 0. The smallest absolute Gasteiger partial charge is 0.320 e. The van der Waals surface area contributed by atoms with Crippen LogP contribution in [0.2, 0.25) is 0 Å². The summed E-state index contributed by atoms with van der Waals surface area (Å²) in [5, 5.41) is 12.2. The molecule has 5 fully saturated rings. The van der Waals surface area contributed by atoms with Crippen LogP contribution >= 0.6 is 0 Å². The minimum Gasteiger partial charge on any atom is -0.481 e. The average Bonchev–Trinajstić information content (AvgIpc) is 2.60. The van der Waals surface area contributed by atoms with Gasteiger partial charge in [-0.3, -0.25) is 4.79 Å². The fraction of sp³-hybridized carbons (Fsp3) is 0.846. The van der Waals surface area contributed by atoms with Crippen LogP contribution in [0, 0.1) is 5.41 Å². The molecule has 5 aliphatic rings. The molecule has 0 unspecified atom stereocenters. The number of fused-ring (bicyclic) bond motifs is 1. The molecular weight excluding hydrogens is 246 g/mol. The van der Waals surface area contributed by atoms with E-state index in [1.165, 1.54) is 0 Å².